The molecule has 0 atom stereocenters. The summed E-state index contributed by atoms with van der Waals surface area (Å²) in [6, 6.07) is 28.5. The van der Waals surface area contributed by atoms with E-state index in [0.717, 1.165) is 27.5 Å². The minimum Gasteiger partial charge on any atom is -0.507 e. The van der Waals surface area contributed by atoms with Crippen LogP contribution < -0.4 is 5.43 Å². The molecule has 0 spiro atoms. The monoisotopic (exact) mass is 380 g/mol. The van der Waals surface area contributed by atoms with Crippen LogP contribution in [0.2, 0.25) is 0 Å². The highest BCUT2D eigenvalue weighted by Crippen LogP contribution is 2.25. The third kappa shape index (κ3) is 4.01. The molecule has 0 bridgehead atoms. The fraction of sp³-hybridized carbons (Fsp3) is 0.0400. The standard InChI is InChI=1S/C25H20N2O2/c1-17-11-13-19(14-12-17)24(18-7-3-2-4-8-18)26-27-25(29)22-15-20-9-5-6-10-21(20)16-23(22)28/h2-16,28H,1H3,(H,27,29). The van der Waals surface area contributed by atoms with Crippen LogP contribution in [0.25, 0.3) is 10.8 Å². The van der Waals surface area contributed by atoms with Crippen LogP contribution in [0.5, 0.6) is 5.75 Å². The number of carbonyl (C=O) groups is 1. The van der Waals surface area contributed by atoms with E-state index in [1.165, 1.54) is 0 Å². The van der Waals surface area contributed by atoms with Gasteiger partial charge in [0.05, 0.1) is 11.3 Å². The first-order valence-corrected chi connectivity index (χ1v) is 9.34. The van der Waals surface area contributed by atoms with E-state index in [1.807, 2.05) is 85.8 Å². The second-order valence-corrected chi connectivity index (χ2v) is 6.85. The molecule has 0 fully saturated rings. The van der Waals surface area contributed by atoms with Gasteiger partial charge in [0, 0.05) is 11.1 Å². The molecule has 0 aliphatic heterocycles. The van der Waals surface area contributed by atoms with Crippen molar-refractivity contribution in [3.05, 3.63) is 113 Å². The largest absolute Gasteiger partial charge is 0.507 e. The lowest BCUT2D eigenvalue weighted by Crippen LogP contribution is -2.20. The minimum absolute atomic E-state index is 0.0759. The summed E-state index contributed by atoms with van der Waals surface area (Å²) in [6.07, 6.45) is 0. The van der Waals surface area contributed by atoms with Gasteiger partial charge in [-0.15, -0.1) is 0 Å². The topological polar surface area (TPSA) is 61.7 Å². The summed E-state index contributed by atoms with van der Waals surface area (Å²) in [5.74, 6) is -0.540. The number of hydrogen-bond donors (Lipinski definition) is 2. The molecule has 1 amide bonds. The van der Waals surface area contributed by atoms with Gasteiger partial charge in [-0.05, 0) is 29.8 Å². The van der Waals surface area contributed by atoms with Crippen LogP contribution in [0.1, 0.15) is 27.0 Å². The zero-order chi connectivity index (χ0) is 20.2. The van der Waals surface area contributed by atoms with E-state index in [4.69, 9.17) is 0 Å². The molecule has 2 N–H and O–H groups in total. The molecule has 0 heterocycles. The summed E-state index contributed by atoms with van der Waals surface area (Å²) >= 11 is 0. The number of rotatable bonds is 4. The van der Waals surface area contributed by atoms with Crippen molar-refractivity contribution in [1.82, 2.24) is 5.43 Å². The molecule has 0 saturated heterocycles. The van der Waals surface area contributed by atoms with E-state index >= 15 is 0 Å². The summed E-state index contributed by atoms with van der Waals surface area (Å²) in [6.45, 7) is 2.02. The van der Waals surface area contributed by atoms with Crippen molar-refractivity contribution in [2.45, 2.75) is 6.92 Å². The van der Waals surface area contributed by atoms with E-state index in [0.29, 0.717) is 5.71 Å². The Hall–Kier alpha value is -3.92. The van der Waals surface area contributed by atoms with Gasteiger partial charge < -0.3 is 5.11 Å². The summed E-state index contributed by atoms with van der Waals surface area (Å²) < 4.78 is 0. The molecule has 4 rings (SSSR count). The number of hydrazone groups is 1. The second-order valence-electron chi connectivity index (χ2n) is 6.85. The zero-order valence-corrected chi connectivity index (χ0v) is 16.0. The first kappa shape index (κ1) is 18.4. The van der Waals surface area contributed by atoms with Crippen LogP contribution in [-0.4, -0.2) is 16.7 Å². The highest BCUT2D eigenvalue weighted by atomic mass is 16.3. The van der Waals surface area contributed by atoms with Crippen molar-refractivity contribution in [3.63, 3.8) is 0 Å². The number of aromatic hydroxyl groups is 1. The zero-order valence-electron chi connectivity index (χ0n) is 16.0. The molecule has 0 aliphatic carbocycles. The number of amides is 1. The van der Waals surface area contributed by atoms with Gasteiger partial charge in [-0.25, -0.2) is 5.43 Å². The smallest absolute Gasteiger partial charge is 0.275 e. The normalized spacial score (nSPS) is 11.4. The molecule has 142 valence electrons. The lowest BCUT2D eigenvalue weighted by molar-refractivity contribution is 0.0952. The van der Waals surface area contributed by atoms with Crippen molar-refractivity contribution in [1.29, 1.82) is 0 Å². The number of benzene rings is 4. The molecule has 0 radical (unpaired) electrons. The van der Waals surface area contributed by atoms with Crippen molar-refractivity contribution in [2.75, 3.05) is 0 Å². The first-order valence-electron chi connectivity index (χ1n) is 9.34. The van der Waals surface area contributed by atoms with Gasteiger partial charge in [0.15, 0.2) is 0 Å². The third-order valence-electron chi connectivity index (χ3n) is 4.75. The van der Waals surface area contributed by atoms with Crippen LogP contribution in [0.3, 0.4) is 0 Å². The number of carbonyl (C=O) groups excluding carboxylic acids is 1. The van der Waals surface area contributed by atoms with Crippen LogP contribution in [0, 0.1) is 6.92 Å². The molecule has 0 unspecified atom stereocenters. The molecule has 4 nitrogen and oxygen atoms in total. The van der Waals surface area contributed by atoms with Crippen molar-refractivity contribution >= 4 is 22.4 Å². The molecule has 4 aromatic rings. The Kier molecular flexibility index (Phi) is 5.08. The fourth-order valence-corrected chi connectivity index (χ4v) is 3.18. The Morgan fingerprint density at radius 3 is 2.07 bits per heavy atom. The number of phenols is 1. The SMILES string of the molecule is Cc1ccc(C(=NNC(=O)c2cc3ccccc3cc2O)c2ccccc2)cc1. The maximum absolute atomic E-state index is 12.8. The quantitative estimate of drug-likeness (QED) is 0.385. The Balaban J connectivity index is 1.69. The van der Waals surface area contributed by atoms with Gasteiger partial charge in [0.25, 0.3) is 5.91 Å². The Labute approximate surface area is 169 Å². The second kappa shape index (κ2) is 7.98. The van der Waals surface area contributed by atoms with E-state index < -0.39 is 5.91 Å². The van der Waals surface area contributed by atoms with Crippen molar-refractivity contribution in [2.24, 2.45) is 5.10 Å². The van der Waals surface area contributed by atoms with Gasteiger partial charge in [0.1, 0.15) is 5.75 Å². The van der Waals surface area contributed by atoms with Gasteiger partial charge in [-0.2, -0.15) is 5.10 Å². The number of nitrogens with zero attached hydrogens (tertiary/aromatic N) is 1. The summed E-state index contributed by atoms with van der Waals surface area (Å²) in [5.41, 5.74) is 6.37. The van der Waals surface area contributed by atoms with Crippen LogP contribution in [-0.2, 0) is 0 Å². The number of nitrogens with one attached hydrogen (secondary N) is 1. The number of aryl methyl sites for hydroxylation is 1. The lowest BCUT2D eigenvalue weighted by Gasteiger charge is -2.10. The molecule has 0 saturated carbocycles. The molecule has 4 heteroatoms. The molecule has 0 aliphatic rings. The third-order valence-corrected chi connectivity index (χ3v) is 4.75. The lowest BCUT2D eigenvalue weighted by atomic mass is 10.0. The van der Waals surface area contributed by atoms with E-state index in [9.17, 15) is 9.90 Å². The first-order chi connectivity index (χ1) is 14.1. The average Bonchev–Trinajstić information content (AvgIpc) is 2.75. The highest BCUT2D eigenvalue weighted by Gasteiger charge is 2.13. The maximum Gasteiger partial charge on any atom is 0.275 e. The summed E-state index contributed by atoms with van der Waals surface area (Å²) in [4.78, 5) is 12.8. The van der Waals surface area contributed by atoms with Crippen molar-refractivity contribution in [3.8, 4) is 5.75 Å². The molecular weight excluding hydrogens is 360 g/mol. The highest BCUT2D eigenvalue weighted by molar-refractivity contribution is 6.13. The van der Waals surface area contributed by atoms with Gasteiger partial charge in [-0.1, -0.05) is 84.4 Å². The van der Waals surface area contributed by atoms with E-state index in [-0.39, 0.29) is 11.3 Å². The average molecular weight is 380 g/mol. The Morgan fingerprint density at radius 1 is 0.793 bits per heavy atom. The summed E-state index contributed by atoms with van der Waals surface area (Å²) in [5, 5.41) is 16.4. The van der Waals surface area contributed by atoms with Gasteiger partial charge in [0.2, 0.25) is 0 Å². The maximum atomic E-state index is 12.8. The van der Waals surface area contributed by atoms with E-state index in [2.05, 4.69) is 10.5 Å². The molecule has 0 aromatic heterocycles. The van der Waals surface area contributed by atoms with Gasteiger partial charge in [-0.3, -0.25) is 4.79 Å². The molecule has 4 aromatic carbocycles. The van der Waals surface area contributed by atoms with Gasteiger partial charge >= 0.3 is 0 Å². The Bertz CT molecular complexity index is 1200. The molecule has 29 heavy (non-hydrogen) atoms. The van der Waals surface area contributed by atoms with Crippen LogP contribution in [0.4, 0.5) is 0 Å². The number of fused-ring (bicyclic) bond motifs is 1. The Morgan fingerprint density at radius 2 is 1.38 bits per heavy atom. The van der Waals surface area contributed by atoms with Crippen LogP contribution >= 0.6 is 0 Å². The fourth-order valence-electron chi connectivity index (χ4n) is 3.18. The van der Waals surface area contributed by atoms with Crippen molar-refractivity contribution < 1.29 is 9.90 Å². The van der Waals surface area contributed by atoms with Crippen LogP contribution in [0.15, 0.2) is 96.1 Å². The number of hydrogen-bond acceptors (Lipinski definition) is 3. The minimum atomic E-state index is -0.464. The predicted octanol–water partition coefficient (Wildman–Crippen LogP) is 5.04. The predicted molar refractivity (Wildman–Crippen MR) is 116 cm³/mol. The summed E-state index contributed by atoms with van der Waals surface area (Å²) in [7, 11) is 0. The number of phenolic OH excluding ortho intramolecular Hbond substituents is 1. The van der Waals surface area contributed by atoms with E-state index in [1.54, 1.807) is 12.1 Å². The molecular formula is C25H20N2O2.